The number of hydrogen-bond donors (Lipinski definition) is 0. The maximum absolute atomic E-state index is 12.5. The van der Waals surface area contributed by atoms with Gasteiger partial charge in [-0.1, -0.05) is 36.4 Å². The quantitative estimate of drug-likeness (QED) is 0.687. The number of aromatic nitrogens is 2. The number of carbonyl (C=O) groups is 1. The third-order valence-electron chi connectivity index (χ3n) is 4.29. The monoisotopic (exact) mass is 336 g/mol. The van der Waals surface area contributed by atoms with Crippen LogP contribution in [0.5, 0.6) is 0 Å². The Bertz CT molecular complexity index is 975. The molecule has 3 rings (SSSR count). The van der Waals surface area contributed by atoms with Gasteiger partial charge in [0.05, 0.1) is 11.1 Å². The van der Waals surface area contributed by atoms with Gasteiger partial charge in [-0.15, -0.1) is 0 Å². The molecular formula is C20H20N2O3. The Balaban J connectivity index is 1.81. The van der Waals surface area contributed by atoms with Crippen molar-refractivity contribution in [1.29, 1.82) is 0 Å². The van der Waals surface area contributed by atoms with Crippen LogP contribution >= 0.6 is 0 Å². The highest BCUT2D eigenvalue weighted by Crippen LogP contribution is 2.24. The zero-order chi connectivity index (χ0) is 18.0. The van der Waals surface area contributed by atoms with Gasteiger partial charge in [-0.2, -0.15) is 0 Å². The van der Waals surface area contributed by atoms with Gasteiger partial charge in [-0.25, -0.2) is 4.98 Å². The van der Waals surface area contributed by atoms with Gasteiger partial charge >= 0.3 is 5.97 Å². The number of nitrogens with zero attached hydrogens (tertiary/aromatic N) is 2. The first-order valence-electron chi connectivity index (χ1n) is 8.10. The van der Waals surface area contributed by atoms with Crippen LogP contribution in [0.1, 0.15) is 30.8 Å². The van der Waals surface area contributed by atoms with Gasteiger partial charge in [0, 0.05) is 11.8 Å². The predicted molar refractivity (Wildman–Crippen MR) is 95.5 cm³/mol. The molecule has 0 saturated heterocycles. The number of aryl methyl sites for hydroxylation is 1. The molecule has 2 heterocycles. The minimum atomic E-state index is -0.774. The Morgan fingerprint density at radius 2 is 1.84 bits per heavy atom. The normalized spacial score (nSPS) is 11.5. The highest BCUT2D eigenvalue weighted by Gasteiger charge is 2.31. The van der Waals surface area contributed by atoms with Gasteiger partial charge in [0.1, 0.15) is 12.3 Å². The van der Waals surface area contributed by atoms with Crippen LogP contribution in [-0.4, -0.2) is 15.4 Å². The van der Waals surface area contributed by atoms with Crippen LogP contribution in [0.2, 0.25) is 0 Å². The van der Waals surface area contributed by atoms with Crippen molar-refractivity contribution in [2.45, 2.75) is 32.8 Å². The molecule has 0 aliphatic carbocycles. The van der Waals surface area contributed by atoms with Gasteiger partial charge in [0.25, 0.3) is 5.56 Å². The Morgan fingerprint density at radius 1 is 1.12 bits per heavy atom. The molecule has 0 bridgehead atoms. The summed E-state index contributed by atoms with van der Waals surface area (Å²) in [5.41, 5.74) is 1.71. The summed E-state index contributed by atoms with van der Waals surface area (Å²) in [6.45, 7) is 5.44. The van der Waals surface area contributed by atoms with Gasteiger partial charge in [-0.05, 0) is 38.5 Å². The molecule has 0 unspecified atom stereocenters. The molecule has 3 aromatic rings. The number of esters is 1. The SMILES string of the molecule is Cc1cccc2nc(COC(=O)C(C)(C)c3ccccc3)cc(=O)n12. The minimum Gasteiger partial charge on any atom is -0.459 e. The second kappa shape index (κ2) is 6.51. The van der Waals surface area contributed by atoms with Crippen LogP contribution < -0.4 is 5.56 Å². The number of fused-ring (bicyclic) bond motifs is 1. The lowest BCUT2D eigenvalue weighted by Gasteiger charge is -2.23. The smallest absolute Gasteiger partial charge is 0.316 e. The van der Waals surface area contributed by atoms with Crippen molar-refractivity contribution in [3.8, 4) is 0 Å². The summed E-state index contributed by atoms with van der Waals surface area (Å²) in [6, 6.07) is 16.3. The van der Waals surface area contributed by atoms with Gasteiger partial charge < -0.3 is 4.74 Å². The Kier molecular flexibility index (Phi) is 4.40. The summed E-state index contributed by atoms with van der Waals surface area (Å²) in [5.74, 6) is -0.357. The average molecular weight is 336 g/mol. The maximum Gasteiger partial charge on any atom is 0.316 e. The number of rotatable bonds is 4. The molecule has 0 atom stereocenters. The lowest BCUT2D eigenvalue weighted by Crippen LogP contribution is -2.31. The van der Waals surface area contributed by atoms with E-state index in [1.165, 1.54) is 10.5 Å². The minimum absolute atomic E-state index is 0.0330. The summed E-state index contributed by atoms with van der Waals surface area (Å²) in [5, 5.41) is 0. The molecule has 5 nitrogen and oxygen atoms in total. The topological polar surface area (TPSA) is 60.7 Å². The van der Waals surface area contributed by atoms with E-state index in [1.807, 2.05) is 63.2 Å². The van der Waals surface area contributed by atoms with Crippen molar-refractivity contribution in [2.75, 3.05) is 0 Å². The van der Waals surface area contributed by atoms with Gasteiger partial charge in [0.2, 0.25) is 0 Å². The van der Waals surface area contributed by atoms with E-state index in [1.54, 1.807) is 6.07 Å². The summed E-state index contributed by atoms with van der Waals surface area (Å²) >= 11 is 0. The van der Waals surface area contributed by atoms with Crippen LogP contribution in [0.25, 0.3) is 5.65 Å². The molecule has 0 spiro atoms. The zero-order valence-corrected chi connectivity index (χ0v) is 14.5. The first-order chi connectivity index (χ1) is 11.9. The van der Waals surface area contributed by atoms with E-state index in [-0.39, 0.29) is 18.1 Å². The maximum atomic E-state index is 12.5. The summed E-state index contributed by atoms with van der Waals surface area (Å²) in [6.07, 6.45) is 0. The van der Waals surface area contributed by atoms with Crippen molar-refractivity contribution in [3.63, 3.8) is 0 Å². The fraction of sp³-hybridized carbons (Fsp3) is 0.250. The van der Waals surface area contributed by atoms with Crippen molar-refractivity contribution in [1.82, 2.24) is 9.38 Å². The fourth-order valence-corrected chi connectivity index (χ4v) is 2.73. The second-order valence-electron chi connectivity index (χ2n) is 6.51. The molecule has 2 aromatic heterocycles. The molecular weight excluding hydrogens is 316 g/mol. The van der Waals surface area contributed by atoms with E-state index in [0.717, 1.165) is 11.3 Å². The highest BCUT2D eigenvalue weighted by molar-refractivity contribution is 5.82. The summed E-state index contributed by atoms with van der Waals surface area (Å²) in [7, 11) is 0. The second-order valence-corrected chi connectivity index (χ2v) is 6.51. The lowest BCUT2D eigenvalue weighted by atomic mass is 9.85. The number of pyridine rings is 1. The standard InChI is InChI=1S/C20H20N2O3/c1-14-8-7-11-17-21-16(12-18(23)22(14)17)13-25-19(24)20(2,3)15-9-5-4-6-10-15/h4-12H,13H2,1-3H3. The van der Waals surface area contributed by atoms with Crippen LogP contribution in [0.3, 0.4) is 0 Å². The van der Waals surface area contributed by atoms with E-state index >= 15 is 0 Å². The molecule has 0 radical (unpaired) electrons. The molecule has 0 aliphatic heterocycles. The third-order valence-corrected chi connectivity index (χ3v) is 4.29. The first-order valence-corrected chi connectivity index (χ1v) is 8.10. The Hall–Kier alpha value is -2.95. The van der Waals surface area contributed by atoms with Crippen LogP contribution in [-0.2, 0) is 21.6 Å². The molecule has 0 saturated carbocycles. The average Bonchev–Trinajstić information content (AvgIpc) is 2.60. The van der Waals surface area contributed by atoms with Gasteiger partial charge in [0.15, 0.2) is 0 Å². The van der Waals surface area contributed by atoms with E-state index in [4.69, 9.17) is 4.74 Å². The van der Waals surface area contributed by atoms with Gasteiger partial charge in [-0.3, -0.25) is 14.0 Å². The van der Waals surface area contributed by atoms with E-state index in [2.05, 4.69) is 4.98 Å². The highest BCUT2D eigenvalue weighted by atomic mass is 16.5. The number of carbonyl (C=O) groups excluding carboxylic acids is 1. The van der Waals surface area contributed by atoms with Crippen molar-refractivity contribution in [2.24, 2.45) is 0 Å². The zero-order valence-electron chi connectivity index (χ0n) is 14.5. The summed E-state index contributed by atoms with van der Waals surface area (Å²) in [4.78, 5) is 29.2. The van der Waals surface area contributed by atoms with Crippen molar-refractivity contribution in [3.05, 3.63) is 81.9 Å². The summed E-state index contributed by atoms with van der Waals surface area (Å²) < 4.78 is 6.96. The van der Waals surface area contributed by atoms with Crippen LogP contribution in [0.4, 0.5) is 0 Å². The third kappa shape index (κ3) is 3.31. The van der Waals surface area contributed by atoms with Crippen LogP contribution in [0.15, 0.2) is 59.4 Å². The van der Waals surface area contributed by atoms with Crippen LogP contribution in [0, 0.1) is 6.92 Å². The lowest BCUT2D eigenvalue weighted by molar-refractivity contribution is -0.150. The Morgan fingerprint density at radius 3 is 2.56 bits per heavy atom. The molecule has 128 valence electrons. The van der Waals surface area contributed by atoms with Crippen molar-refractivity contribution < 1.29 is 9.53 Å². The number of benzene rings is 1. The van der Waals surface area contributed by atoms with E-state index < -0.39 is 5.41 Å². The van der Waals surface area contributed by atoms with E-state index in [0.29, 0.717) is 11.3 Å². The molecule has 0 fully saturated rings. The molecule has 0 amide bonds. The van der Waals surface area contributed by atoms with Crippen molar-refractivity contribution >= 4 is 11.6 Å². The molecule has 1 aromatic carbocycles. The molecule has 5 heteroatoms. The molecule has 25 heavy (non-hydrogen) atoms. The first kappa shape index (κ1) is 16.9. The fourth-order valence-electron chi connectivity index (χ4n) is 2.73. The predicted octanol–water partition coefficient (Wildman–Crippen LogP) is 3.02. The molecule has 0 aliphatic rings. The number of ether oxygens (including phenoxy) is 1. The largest absolute Gasteiger partial charge is 0.459 e. The van der Waals surface area contributed by atoms with E-state index in [9.17, 15) is 9.59 Å². The Labute approximate surface area is 145 Å². The molecule has 0 N–H and O–H groups in total. The number of hydrogen-bond acceptors (Lipinski definition) is 4.